The minimum absolute atomic E-state index is 0.0882. The van der Waals surface area contributed by atoms with E-state index in [0.29, 0.717) is 13.2 Å². The first-order chi connectivity index (χ1) is 14.1. The summed E-state index contributed by atoms with van der Waals surface area (Å²) < 4.78 is 5.44. The molecule has 1 fully saturated rings. The summed E-state index contributed by atoms with van der Waals surface area (Å²) in [5.41, 5.74) is 1.99. The fourth-order valence-electron chi connectivity index (χ4n) is 3.58. The molecule has 2 aromatic carbocycles. The zero-order valence-corrected chi connectivity index (χ0v) is 16.8. The van der Waals surface area contributed by atoms with Crippen molar-refractivity contribution in [1.82, 2.24) is 15.5 Å². The van der Waals surface area contributed by atoms with Crippen LogP contribution in [0, 0.1) is 0 Å². The van der Waals surface area contributed by atoms with Crippen LogP contribution in [0.2, 0.25) is 0 Å². The van der Waals surface area contributed by atoms with Crippen molar-refractivity contribution in [3.63, 3.8) is 0 Å². The van der Waals surface area contributed by atoms with E-state index in [1.54, 1.807) is 0 Å². The summed E-state index contributed by atoms with van der Waals surface area (Å²) in [6.45, 7) is 5.35. The lowest BCUT2D eigenvalue weighted by Gasteiger charge is -2.31. The van der Waals surface area contributed by atoms with Gasteiger partial charge in [0.25, 0.3) is 0 Å². The molecule has 0 aromatic heterocycles. The molecule has 1 aliphatic heterocycles. The van der Waals surface area contributed by atoms with Gasteiger partial charge in [-0.05, 0) is 11.1 Å². The average Bonchev–Trinajstić information content (AvgIpc) is 2.74. The zero-order valence-electron chi connectivity index (χ0n) is 16.8. The van der Waals surface area contributed by atoms with E-state index < -0.39 is 0 Å². The highest BCUT2D eigenvalue weighted by atomic mass is 16.5. The predicted molar refractivity (Wildman–Crippen MR) is 112 cm³/mol. The number of carbonyl (C=O) groups is 2. The molecular weight excluding hydrogens is 366 g/mol. The van der Waals surface area contributed by atoms with Crippen LogP contribution in [0.1, 0.15) is 36.6 Å². The van der Waals surface area contributed by atoms with E-state index in [1.807, 2.05) is 60.7 Å². The first-order valence-electron chi connectivity index (χ1n) is 10.1. The van der Waals surface area contributed by atoms with Gasteiger partial charge in [0.05, 0.1) is 31.7 Å². The van der Waals surface area contributed by atoms with Crippen LogP contribution in [0.15, 0.2) is 60.7 Å². The smallest absolute Gasteiger partial charge is 0.222 e. The van der Waals surface area contributed by atoms with Gasteiger partial charge in [-0.15, -0.1) is 0 Å². The number of nitrogens with one attached hydrogen (secondary N) is 2. The molecule has 2 aromatic rings. The zero-order chi connectivity index (χ0) is 20.5. The number of rotatable bonds is 8. The van der Waals surface area contributed by atoms with Crippen molar-refractivity contribution in [2.75, 3.05) is 32.8 Å². The summed E-state index contributed by atoms with van der Waals surface area (Å²) in [5, 5.41) is 6.08. The van der Waals surface area contributed by atoms with Gasteiger partial charge >= 0.3 is 0 Å². The number of amides is 2. The van der Waals surface area contributed by atoms with Crippen LogP contribution in [-0.4, -0.2) is 49.6 Å². The standard InChI is InChI=1S/C23H29N3O3/c1-18(27)24-21(19-8-4-2-5-9-19)16-23(28)25-22(20-10-6-3-7-11-20)17-26-12-14-29-15-13-26/h2-11,21-22H,12-17H2,1H3,(H,24,27)(H,25,28)/t21-,22+/m1/s1. The lowest BCUT2D eigenvalue weighted by molar-refractivity contribution is -0.123. The Balaban J connectivity index is 1.69. The highest BCUT2D eigenvalue weighted by molar-refractivity contribution is 5.79. The van der Waals surface area contributed by atoms with Gasteiger partial charge in [0.1, 0.15) is 0 Å². The van der Waals surface area contributed by atoms with Gasteiger partial charge in [0, 0.05) is 26.6 Å². The summed E-state index contributed by atoms with van der Waals surface area (Å²) in [6, 6.07) is 19.1. The minimum atomic E-state index is -0.353. The van der Waals surface area contributed by atoms with Gasteiger partial charge in [-0.2, -0.15) is 0 Å². The monoisotopic (exact) mass is 395 g/mol. The van der Waals surface area contributed by atoms with E-state index in [2.05, 4.69) is 15.5 Å². The minimum Gasteiger partial charge on any atom is -0.379 e. The number of ether oxygens (including phenoxy) is 1. The van der Waals surface area contributed by atoms with Crippen LogP contribution in [-0.2, 0) is 14.3 Å². The molecule has 1 saturated heterocycles. The second-order valence-corrected chi connectivity index (χ2v) is 7.31. The molecule has 6 heteroatoms. The number of nitrogens with zero attached hydrogens (tertiary/aromatic N) is 1. The lowest BCUT2D eigenvalue weighted by Crippen LogP contribution is -2.43. The molecule has 3 rings (SSSR count). The molecule has 2 N–H and O–H groups in total. The SMILES string of the molecule is CC(=O)N[C@H](CC(=O)N[C@@H](CN1CCOCC1)c1ccccc1)c1ccccc1. The van der Waals surface area contributed by atoms with Crippen molar-refractivity contribution in [2.24, 2.45) is 0 Å². The van der Waals surface area contributed by atoms with E-state index in [0.717, 1.165) is 30.8 Å². The molecule has 2 amide bonds. The third-order valence-electron chi connectivity index (χ3n) is 5.05. The van der Waals surface area contributed by atoms with Crippen molar-refractivity contribution in [3.8, 4) is 0 Å². The molecule has 0 radical (unpaired) electrons. The summed E-state index contributed by atoms with van der Waals surface area (Å²) >= 11 is 0. The Bertz CT molecular complexity index is 776. The van der Waals surface area contributed by atoms with E-state index in [1.165, 1.54) is 6.92 Å². The van der Waals surface area contributed by atoms with Gasteiger partial charge in [0.2, 0.25) is 11.8 Å². The van der Waals surface area contributed by atoms with Crippen LogP contribution in [0.25, 0.3) is 0 Å². The van der Waals surface area contributed by atoms with Crippen LogP contribution in [0.3, 0.4) is 0 Å². The Labute approximate surface area is 172 Å². The van der Waals surface area contributed by atoms with Crippen molar-refractivity contribution in [1.29, 1.82) is 0 Å². The maximum Gasteiger partial charge on any atom is 0.222 e. The third-order valence-corrected chi connectivity index (χ3v) is 5.05. The Morgan fingerprint density at radius 3 is 2.00 bits per heavy atom. The number of morpholine rings is 1. The molecular formula is C23H29N3O3. The van der Waals surface area contributed by atoms with E-state index in [-0.39, 0.29) is 30.3 Å². The Morgan fingerprint density at radius 2 is 1.45 bits per heavy atom. The molecule has 29 heavy (non-hydrogen) atoms. The molecule has 0 aliphatic carbocycles. The summed E-state index contributed by atoms with van der Waals surface area (Å²) in [7, 11) is 0. The highest BCUT2D eigenvalue weighted by Crippen LogP contribution is 2.19. The van der Waals surface area contributed by atoms with E-state index in [9.17, 15) is 9.59 Å². The third kappa shape index (κ3) is 6.69. The topological polar surface area (TPSA) is 70.7 Å². The fraction of sp³-hybridized carbons (Fsp3) is 0.391. The average molecular weight is 396 g/mol. The number of hydrogen-bond donors (Lipinski definition) is 2. The quantitative estimate of drug-likeness (QED) is 0.720. The molecule has 1 aliphatic rings. The van der Waals surface area contributed by atoms with Crippen LogP contribution < -0.4 is 10.6 Å². The second kappa shape index (κ2) is 10.7. The summed E-state index contributed by atoms with van der Waals surface area (Å²) in [4.78, 5) is 26.9. The second-order valence-electron chi connectivity index (χ2n) is 7.31. The molecule has 6 nitrogen and oxygen atoms in total. The van der Waals surface area contributed by atoms with Crippen LogP contribution in [0.4, 0.5) is 0 Å². The van der Waals surface area contributed by atoms with Gasteiger partial charge < -0.3 is 15.4 Å². The van der Waals surface area contributed by atoms with Crippen molar-refractivity contribution in [3.05, 3.63) is 71.8 Å². The molecule has 154 valence electrons. The summed E-state index contributed by atoms with van der Waals surface area (Å²) in [5.74, 6) is -0.241. The Hall–Kier alpha value is -2.70. The normalized spacial score (nSPS) is 16.6. The van der Waals surface area contributed by atoms with E-state index >= 15 is 0 Å². The van der Waals surface area contributed by atoms with Crippen molar-refractivity contribution in [2.45, 2.75) is 25.4 Å². The molecule has 0 saturated carbocycles. The molecule has 0 spiro atoms. The number of benzene rings is 2. The number of hydrogen-bond acceptors (Lipinski definition) is 4. The summed E-state index contributed by atoms with van der Waals surface area (Å²) in [6.07, 6.45) is 0.191. The lowest BCUT2D eigenvalue weighted by atomic mass is 10.0. The van der Waals surface area contributed by atoms with E-state index in [4.69, 9.17) is 4.74 Å². The highest BCUT2D eigenvalue weighted by Gasteiger charge is 2.23. The maximum absolute atomic E-state index is 12.9. The van der Waals surface area contributed by atoms with Gasteiger partial charge in [-0.3, -0.25) is 14.5 Å². The van der Waals surface area contributed by atoms with Gasteiger partial charge in [-0.25, -0.2) is 0 Å². The predicted octanol–water partition coefficient (Wildman–Crippen LogP) is 2.44. The number of carbonyl (C=O) groups excluding carboxylic acids is 2. The first kappa shape index (κ1) is 21.0. The molecule has 0 bridgehead atoms. The van der Waals surface area contributed by atoms with Crippen LogP contribution >= 0.6 is 0 Å². The van der Waals surface area contributed by atoms with Crippen molar-refractivity contribution >= 4 is 11.8 Å². The molecule has 2 atom stereocenters. The largest absolute Gasteiger partial charge is 0.379 e. The Morgan fingerprint density at radius 1 is 0.897 bits per heavy atom. The Kier molecular flexibility index (Phi) is 7.78. The first-order valence-corrected chi connectivity index (χ1v) is 10.1. The molecule has 0 unspecified atom stereocenters. The van der Waals surface area contributed by atoms with Crippen molar-refractivity contribution < 1.29 is 14.3 Å². The fourth-order valence-corrected chi connectivity index (χ4v) is 3.58. The van der Waals surface area contributed by atoms with Gasteiger partial charge in [-0.1, -0.05) is 60.7 Å². The molecule has 1 heterocycles. The maximum atomic E-state index is 12.9. The van der Waals surface area contributed by atoms with Crippen LogP contribution in [0.5, 0.6) is 0 Å². The van der Waals surface area contributed by atoms with Gasteiger partial charge in [0.15, 0.2) is 0 Å².